The van der Waals surface area contributed by atoms with E-state index >= 15 is 0 Å². The number of hydrogen-bond donors (Lipinski definition) is 3. The molecule has 0 saturated carbocycles. The highest BCUT2D eigenvalue weighted by Crippen LogP contribution is 2.45. The molecule has 1 aliphatic heterocycles. The van der Waals surface area contributed by atoms with Gasteiger partial charge in [-0.1, -0.05) is 24.8 Å². The summed E-state index contributed by atoms with van der Waals surface area (Å²) in [6.45, 7) is 7.81. The van der Waals surface area contributed by atoms with E-state index in [0.717, 1.165) is 44.8 Å². The minimum absolute atomic E-state index is 0.228. The van der Waals surface area contributed by atoms with Crippen LogP contribution in [0.2, 0.25) is 0 Å². The molecular weight excluding hydrogens is 478 g/mol. The molecule has 2 aromatic heterocycles. The summed E-state index contributed by atoms with van der Waals surface area (Å²) in [5, 5.41) is 19.2. The Balaban J connectivity index is 1.60. The SMILES string of the molecule is C=CC(=O)Nc1ccc(-c2c3c4c(ncnc4n2C)NCc2cc(C(=O)NCC(C)(C)C#N)ccc2-3)cc1. The molecular formula is C29H27N7O2. The quantitative estimate of drug-likeness (QED) is 0.328. The zero-order valence-electron chi connectivity index (χ0n) is 21.4. The summed E-state index contributed by atoms with van der Waals surface area (Å²) in [5.41, 5.74) is 6.09. The van der Waals surface area contributed by atoms with E-state index in [1.54, 1.807) is 19.9 Å². The highest BCUT2D eigenvalue weighted by Gasteiger charge is 2.27. The van der Waals surface area contributed by atoms with Crippen LogP contribution in [0.1, 0.15) is 29.8 Å². The normalized spacial score (nSPS) is 12.1. The number of aromatic nitrogens is 3. The molecule has 5 rings (SSSR count). The molecule has 2 aromatic carbocycles. The van der Waals surface area contributed by atoms with Gasteiger partial charge in [-0.3, -0.25) is 9.59 Å². The van der Waals surface area contributed by atoms with Gasteiger partial charge in [-0.2, -0.15) is 5.26 Å². The van der Waals surface area contributed by atoms with Gasteiger partial charge in [0.15, 0.2) is 0 Å². The molecule has 0 radical (unpaired) electrons. The molecule has 4 aromatic rings. The van der Waals surface area contributed by atoms with Gasteiger partial charge in [-0.15, -0.1) is 0 Å². The summed E-state index contributed by atoms with van der Waals surface area (Å²) in [6, 6.07) is 15.4. The van der Waals surface area contributed by atoms with Crippen molar-refractivity contribution in [3.05, 3.63) is 72.6 Å². The zero-order valence-corrected chi connectivity index (χ0v) is 21.4. The third kappa shape index (κ3) is 4.37. The number of benzene rings is 2. The number of carbonyl (C=O) groups is 2. The van der Waals surface area contributed by atoms with Gasteiger partial charge in [0.25, 0.3) is 5.91 Å². The van der Waals surface area contributed by atoms with Crippen molar-refractivity contribution in [2.24, 2.45) is 12.5 Å². The molecule has 0 spiro atoms. The van der Waals surface area contributed by atoms with Gasteiger partial charge < -0.3 is 20.5 Å². The Bertz CT molecular complexity index is 1640. The van der Waals surface area contributed by atoms with Crippen molar-refractivity contribution in [1.29, 1.82) is 5.26 Å². The topological polar surface area (TPSA) is 125 Å². The van der Waals surface area contributed by atoms with E-state index in [0.29, 0.717) is 17.8 Å². The molecule has 3 heterocycles. The summed E-state index contributed by atoms with van der Waals surface area (Å²) < 4.78 is 2.04. The maximum absolute atomic E-state index is 12.9. The van der Waals surface area contributed by atoms with Gasteiger partial charge in [-0.25, -0.2) is 9.97 Å². The fourth-order valence-electron chi connectivity index (χ4n) is 4.64. The highest BCUT2D eigenvalue weighted by molar-refractivity contribution is 6.10. The fourth-order valence-corrected chi connectivity index (χ4v) is 4.64. The van der Waals surface area contributed by atoms with Crippen molar-refractivity contribution < 1.29 is 9.59 Å². The summed E-state index contributed by atoms with van der Waals surface area (Å²) in [6.07, 6.45) is 2.77. The van der Waals surface area contributed by atoms with Crippen LogP contribution in [0.15, 0.2) is 61.4 Å². The van der Waals surface area contributed by atoms with Crippen LogP contribution in [-0.2, 0) is 18.4 Å². The Labute approximate surface area is 220 Å². The second-order valence-electron chi connectivity index (χ2n) is 9.88. The van der Waals surface area contributed by atoms with Crippen LogP contribution in [0.5, 0.6) is 0 Å². The fraction of sp³-hybridized carbons (Fsp3) is 0.207. The number of fused-ring (bicyclic) bond motifs is 2. The maximum atomic E-state index is 12.9. The first kappa shape index (κ1) is 24.7. The first-order chi connectivity index (χ1) is 18.2. The molecule has 2 amide bonds. The lowest BCUT2D eigenvalue weighted by molar-refractivity contribution is -0.111. The standard InChI is InChI=1S/C29H27N7O2/c1-5-22(37)35-20-9-6-17(7-10-20)25-23-21-11-8-18(28(38)32-15-29(2,3)14-30)12-19(21)13-31-26-24(23)27(36(25)4)34-16-33-26/h5-12,16H,1,13,15H2,2-4H3,(H,32,38)(H,35,37)(H,31,33,34). The second-order valence-corrected chi connectivity index (χ2v) is 9.88. The Kier molecular flexibility index (Phi) is 6.17. The van der Waals surface area contributed by atoms with Crippen molar-refractivity contribution in [1.82, 2.24) is 19.9 Å². The average molecular weight is 506 g/mol. The van der Waals surface area contributed by atoms with Crippen molar-refractivity contribution in [3.8, 4) is 28.5 Å². The molecule has 0 bridgehead atoms. The second kappa shape index (κ2) is 9.48. The summed E-state index contributed by atoms with van der Waals surface area (Å²) in [5.74, 6) is 0.220. The van der Waals surface area contributed by atoms with E-state index in [-0.39, 0.29) is 18.4 Å². The van der Waals surface area contributed by atoms with E-state index in [9.17, 15) is 14.9 Å². The number of aryl methyl sites for hydroxylation is 1. The lowest BCUT2D eigenvalue weighted by Gasteiger charge is -2.17. The maximum Gasteiger partial charge on any atom is 0.251 e. The number of nitrogens with zero attached hydrogens (tertiary/aromatic N) is 4. The van der Waals surface area contributed by atoms with Crippen LogP contribution in [0, 0.1) is 16.7 Å². The van der Waals surface area contributed by atoms with E-state index in [1.165, 1.54) is 12.4 Å². The molecule has 38 heavy (non-hydrogen) atoms. The minimum atomic E-state index is -0.655. The molecule has 9 heteroatoms. The predicted molar refractivity (Wildman–Crippen MR) is 147 cm³/mol. The Hall–Kier alpha value is -4.97. The smallest absolute Gasteiger partial charge is 0.251 e. The number of amides is 2. The van der Waals surface area contributed by atoms with E-state index in [2.05, 4.69) is 38.6 Å². The molecule has 0 aliphatic carbocycles. The van der Waals surface area contributed by atoms with Crippen LogP contribution < -0.4 is 16.0 Å². The summed E-state index contributed by atoms with van der Waals surface area (Å²) in [4.78, 5) is 33.7. The van der Waals surface area contributed by atoms with E-state index in [1.807, 2.05) is 48.0 Å². The van der Waals surface area contributed by atoms with Crippen molar-refractivity contribution in [3.63, 3.8) is 0 Å². The number of hydrogen-bond acceptors (Lipinski definition) is 6. The van der Waals surface area contributed by atoms with Crippen LogP contribution in [0.3, 0.4) is 0 Å². The third-order valence-electron chi connectivity index (χ3n) is 6.66. The average Bonchev–Trinajstić information content (AvgIpc) is 3.12. The number of nitriles is 1. The van der Waals surface area contributed by atoms with E-state index < -0.39 is 5.41 Å². The minimum Gasteiger partial charge on any atom is -0.365 e. The van der Waals surface area contributed by atoms with Crippen molar-refractivity contribution >= 4 is 34.4 Å². The highest BCUT2D eigenvalue weighted by atomic mass is 16.2. The van der Waals surface area contributed by atoms with Crippen LogP contribution in [0.25, 0.3) is 33.4 Å². The van der Waals surface area contributed by atoms with Crippen molar-refractivity contribution in [2.75, 3.05) is 17.2 Å². The zero-order chi connectivity index (χ0) is 27.0. The first-order valence-corrected chi connectivity index (χ1v) is 12.2. The Morgan fingerprint density at radius 3 is 2.68 bits per heavy atom. The largest absolute Gasteiger partial charge is 0.365 e. The number of nitrogens with one attached hydrogen (secondary N) is 3. The number of anilines is 2. The van der Waals surface area contributed by atoms with Crippen LogP contribution in [-0.4, -0.2) is 32.9 Å². The molecule has 190 valence electrons. The third-order valence-corrected chi connectivity index (χ3v) is 6.66. The summed E-state index contributed by atoms with van der Waals surface area (Å²) >= 11 is 0. The molecule has 0 unspecified atom stereocenters. The first-order valence-electron chi connectivity index (χ1n) is 12.2. The molecule has 9 nitrogen and oxygen atoms in total. The molecule has 0 fully saturated rings. The van der Waals surface area contributed by atoms with Gasteiger partial charge in [-0.05, 0) is 60.9 Å². The molecule has 1 aliphatic rings. The number of rotatable bonds is 6. The van der Waals surface area contributed by atoms with Gasteiger partial charge in [0.05, 0.1) is 22.6 Å². The van der Waals surface area contributed by atoms with Crippen LogP contribution in [0.4, 0.5) is 11.5 Å². The molecule has 0 saturated heterocycles. The monoisotopic (exact) mass is 505 g/mol. The van der Waals surface area contributed by atoms with Gasteiger partial charge in [0.1, 0.15) is 17.8 Å². The van der Waals surface area contributed by atoms with Gasteiger partial charge in [0, 0.05) is 37.0 Å². The lowest BCUT2D eigenvalue weighted by Crippen LogP contribution is -2.33. The van der Waals surface area contributed by atoms with Crippen LogP contribution >= 0.6 is 0 Å². The van der Waals surface area contributed by atoms with E-state index in [4.69, 9.17) is 0 Å². The lowest BCUT2D eigenvalue weighted by atomic mass is 9.93. The Morgan fingerprint density at radius 2 is 1.97 bits per heavy atom. The van der Waals surface area contributed by atoms with Crippen molar-refractivity contribution in [2.45, 2.75) is 20.4 Å². The van der Waals surface area contributed by atoms with Gasteiger partial charge in [0.2, 0.25) is 5.91 Å². The number of carbonyl (C=O) groups excluding carboxylic acids is 2. The predicted octanol–water partition coefficient (Wildman–Crippen LogP) is 4.63. The molecule has 3 N–H and O–H groups in total. The molecule has 0 atom stereocenters. The Morgan fingerprint density at radius 1 is 1.21 bits per heavy atom. The summed E-state index contributed by atoms with van der Waals surface area (Å²) in [7, 11) is 1.96. The van der Waals surface area contributed by atoms with Gasteiger partial charge >= 0.3 is 0 Å².